The van der Waals surface area contributed by atoms with E-state index in [-0.39, 0.29) is 47.7 Å². The number of amides is 2. The number of rotatable bonds is 19. The van der Waals surface area contributed by atoms with E-state index in [0.29, 0.717) is 26.2 Å². The van der Waals surface area contributed by atoms with Gasteiger partial charge < -0.3 is 24.4 Å². The molecule has 50 heavy (non-hydrogen) atoms. The molecule has 2 amide bonds. The van der Waals surface area contributed by atoms with E-state index >= 15 is 0 Å². The lowest BCUT2D eigenvalue weighted by Crippen LogP contribution is -2.61. The number of hydrogen-bond acceptors (Lipinski definition) is 6. The molecular weight excluding hydrogens is 628 g/mol. The third kappa shape index (κ3) is 11.0. The van der Waals surface area contributed by atoms with Gasteiger partial charge in [-0.1, -0.05) is 114 Å². The number of hydrogen-bond donors (Lipinski definition) is 1. The van der Waals surface area contributed by atoms with E-state index in [1.54, 1.807) is 11.8 Å². The number of likely N-dealkylation sites (tertiary alicyclic amines) is 1. The Morgan fingerprint density at radius 3 is 2.14 bits per heavy atom. The average molecular weight is 691 g/mol. The fraction of sp³-hybridized carbons (Fsp3) is 0.643. The van der Waals surface area contributed by atoms with E-state index in [2.05, 4.69) is 62.5 Å². The lowest BCUT2D eigenvalue weighted by molar-refractivity contribution is -0.273. The molecule has 8 heteroatoms. The summed E-state index contributed by atoms with van der Waals surface area (Å²) in [4.78, 5) is 39.5. The highest BCUT2D eigenvalue weighted by atomic mass is 16.6. The number of carbonyl (C=O) groups is 3. The van der Waals surface area contributed by atoms with Gasteiger partial charge in [-0.2, -0.15) is 0 Å². The lowest BCUT2D eigenvalue weighted by Gasteiger charge is -2.51. The second kappa shape index (κ2) is 19.5. The summed E-state index contributed by atoms with van der Waals surface area (Å²) in [5.74, 6) is -0.201. The van der Waals surface area contributed by atoms with Gasteiger partial charge in [-0.3, -0.25) is 14.4 Å². The van der Waals surface area contributed by atoms with Crippen molar-refractivity contribution in [3.63, 3.8) is 0 Å². The normalized spacial score (nSPS) is 26.4. The van der Waals surface area contributed by atoms with E-state index in [0.717, 1.165) is 68.9 Å². The molecule has 2 fully saturated rings. The molecule has 0 aliphatic carbocycles. The third-order valence-corrected chi connectivity index (χ3v) is 10.9. The van der Waals surface area contributed by atoms with Gasteiger partial charge in [-0.05, 0) is 64.0 Å². The van der Waals surface area contributed by atoms with Crippen molar-refractivity contribution >= 4 is 17.6 Å². The Labute approximate surface area is 301 Å². The predicted octanol–water partition coefficient (Wildman–Crippen LogP) is 7.81. The molecule has 0 aromatic heterocycles. The Morgan fingerprint density at radius 1 is 0.920 bits per heavy atom. The average Bonchev–Trinajstić information content (AvgIpc) is 3.62. The van der Waals surface area contributed by atoms with Crippen LogP contribution in [0.25, 0.3) is 0 Å². The zero-order valence-corrected chi connectivity index (χ0v) is 31.4. The Morgan fingerprint density at radius 2 is 1.52 bits per heavy atom. The molecular formula is C42H62N2O6. The number of benzene rings is 2. The van der Waals surface area contributed by atoms with Gasteiger partial charge >= 0.3 is 0 Å². The first kappa shape index (κ1) is 39.7. The summed E-state index contributed by atoms with van der Waals surface area (Å²) in [6.45, 7) is 13.4. The van der Waals surface area contributed by atoms with Crippen LogP contribution in [0.4, 0.5) is 0 Å². The number of Topliss-reactive ketones (excluding diaryl/α,β-unsaturated/α-hetero) is 1. The van der Waals surface area contributed by atoms with Crippen LogP contribution in [-0.4, -0.2) is 65.0 Å². The van der Waals surface area contributed by atoms with Crippen molar-refractivity contribution in [3.05, 3.63) is 71.8 Å². The van der Waals surface area contributed by atoms with Crippen molar-refractivity contribution in [2.75, 3.05) is 6.54 Å². The molecule has 276 valence electrons. The summed E-state index contributed by atoms with van der Waals surface area (Å²) in [6, 6.07) is 19.7. The Bertz CT molecular complexity index is 1340. The fourth-order valence-electron chi connectivity index (χ4n) is 7.63. The molecule has 4 rings (SSSR count). The van der Waals surface area contributed by atoms with Crippen molar-refractivity contribution in [2.24, 2.45) is 11.8 Å². The van der Waals surface area contributed by atoms with Gasteiger partial charge in [0.15, 0.2) is 5.78 Å². The summed E-state index contributed by atoms with van der Waals surface area (Å²) in [7, 11) is 0. The molecule has 2 saturated heterocycles. The molecule has 2 aromatic carbocycles. The zero-order valence-electron chi connectivity index (χ0n) is 31.4. The number of ketones is 1. The molecule has 1 unspecified atom stereocenters. The summed E-state index contributed by atoms with van der Waals surface area (Å²) in [5, 5.41) is 2.78. The number of nitrogens with zero attached hydrogens (tertiary/aromatic N) is 1. The minimum atomic E-state index is -0.538. The molecule has 0 spiro atoms. The topological polar surface area (TPSA) is 94.2 Å². The highest BCUT2D eigenvalue weighted by molar-refractivity contribution is 5.92. The molecule has 2 heterocycles. The quantitative estimate of drug-likeness (QED) is 0.151. The SMILES string of the molecule is CC[C@H]1O[C@@](C)(CCCCCCC[C@H](C)C(=O)N2CCCC2C(=O)N[C@@H](C)C(C)=O)[C@H](OCc2ccccc2)[C@@H](OCc2ccccc2)[C@H]1C. The van der Waals surface area contributed by atoms with Crippen molar-refractivity contribution < 1.29 is 28.6 Å². The maximum atomic E-state index is 13.3. The van der Waals surface area contributed by atoms with E-state index in [9.17, 15) is 14.4 Å². The molecule has 8 nitrogen and oxygen atoms in total. The summed E-state index contributed by atoms with van der Waals surface area (Å²) < 4.78 is 20.4. The van der Waals surface area contributed by atoms with Crippen molar-refractivity contribution in [1.29, 1.82) is 0 Å². The Hall–Kier alpha value is -3.07. The first-order chi connectivity index (χ1) is 24.0. The predicted molar refractivity (Wildman–Crippen MR) is 197 cm³/mol. The summed E-state index contributed by atoms with van der Waals surface area (Å²) in [5.41, 5.74) is 1.81. The zero-order chi connectivity index (χ0) is 36.1. The van der Waals surface area contributed by atoms with E-state index in [1.165, 1.54) is 6.92 Å². The molecule has 2 aromatic rings. The lowest BCUT2D eigenvalue weighted by atomic mass is 9.78. The van der Waals surface area contributed by atoms with Crippen LogP contribution in [0.15, 0.2) is 60.7 Å². The molecule has 0 saturated carbocycles. The van der Waals surface area contributed by atoms with Gasteiger partial charge in [-0.25, -0.2) is 0 Å². The number of ether oxygens (including phenoxy) is 3. The monoisotopic (exact) mass is 690 g/mol. The Kier molecular flexibility index (Phi) is 15.5. The van der Waals surface area contributed by atoms with Gasteiger partial charge in [-0.15, -0.1) is 0 Å². The molecule has 0 radical (unpaired) electrons. The smallest absolute Gasteiger partial charge is 0.243 e. The second-order valence-corrected chi connectivity index (χ2v) is 15.0. The maximum Gasteiger partial charge on any atom is 0.243 e. The summed E-state index contributed by atoms with van der Waals surface area (Å²) >= 11 is 0. The molecule has 8 atom stereocenters. The maximum absolute atomic E-state index is 13.3. The molecule has 2 aliphatic rings. The molecule has 0 bridgehead atoms. The van der Waals surface area contributed by atoms with Gasteiger partial charge in [0.2, 0.25) is 11.8 Å². The number of nitrogens with one attached hydrogen (secondary N) is 1. The van der Waals surface area contributed by atoms with Crippen molar-refractivity contribution in [3.8, 4) is 0 Å². The van der Waals surface area contributed by atoms with Gasteiger partial charge in [0, 0.05) is 18.4 Å². The van der Waals surface area contributed by atoms with Gasteiger partial charge in [0.1, 0.15) is 12.1 Å². The minimum Gasteiger partial charge on any atom is -0.370 e. The standard InChI is InChI=1S/C42H62N2O6/c1-7-37-31(3)38(48-28-34-21-14-11-15-22-34)39(49-29-35-23-16-12-17-24-35)42(6,50-37)26-18-10-8-9-13-20-30(2)41(47)44-27-19-25-36(44)40(46)43-32(4)33(5)45/h11-12,14-17,21-24,30-32,36-39H,7-10,13,18-20,25-29H2,1-6H3,(H,43,46)/t30-,31-,32-,36?,37+,38-,39+,42-/m0/s1. The van der Waals surface area contributed by atoms with Crippen LogP contribution in [0.5, 0.6) is 0 Å². The largest absolute Gasteiger partial charge is 0.370 e. The highest BCUT2D eigenvalue weighted by Crippen LogP contribution is 2.41. The van der Waals surface area contributed by atoms with Gasteiger partial charge in [0.25, 0.3) is 0 Å². The van der Waals surface area contributed by atoms with Crippen molar-refractivity contribution in [2.45, 2.75) is 155 Å². The van der Waals surface area contributed by atoms with Crippen LogP contribution >= 0.6 is 0 Å². The van der Waals surface area contributed by atoms with Crippen LogP contribution in [-0.2, 0) is 41.8 Å². The van der Waals surface area contributed by atoms with E-state index in [4.69, 9.17) is 14.2 Å². The van der Waals surface area contributed by atoms with Crippen LogP contribution in [0.1, 0.15) is 117 Å². The number of carbonyl (C=O) groups excluding carboxylic acids is 3. The molecule has 1 N–H and O–H groups in total. The fourth-order valence-corrected chi connectivity index (χ4v) is 7.63. The number of unbranched alkanes of at least 4 members (excludes halogenated alkanes) is 4. The second-order valence-electron chi connectivity index (χ2n) is 15.0. The van der Waals surface area contributed by atoms with Crippen LogP contribution in [0.3, 0.4) is 0 Å². The van der Waals surface area contributed by atoms with Crippen molar-refractivity contribution in [1.82, 2.24) is 10.2 Å². The summed E-state index contributed by atoms with van der Waals surface area (Å²) in [6.07, 6.45) is 9.08. The minimum absolute atomic E-state index is 0.0470. The van der Waals surface area contributed by atoms with E-state index in [1.807, 2.05) is 31.2 Å². The third-order valence-electron chi connectivity index (χ3n) is 10.9. The highest BCUT2D eigenvalue weighted by Gasteiger charge is 2.51. The van der Waals surface area contributed by atoms with E-state index < -0.39 is 17.7 Å². The Balaban J connectivity index is 1.28. The van der Waals surface area contributed by atoms with Crippen LogP contribution < -0.4 is 5.32 Å². The molecule has 2 aliphatic heterocycles. The first-order valence-corrected chi connectivity index (χ1v) is 19.1. The van der Waals surface area contributed by atoms with Crippen LogP contribution in [0.2, 0.25) is 0 Å². The van der Waals surface area contributed by atoms with Gasteiger partial charge in [0.05, 0.1) is 37.1 Å². The first-order valence-electron chi connectivity index (χ1n) is 19.1. The van der Waals surface area contributed by atoms with Crippen LogP contribution in [0, 0.1) is 11.8 Å².